The number of hydrogen-bond donors (Lipinski definition) is 1. The van der Waals surface area contributed by atoms with Crippen LogP contribution in [0.3, 0.4) is 0 Å². The Bertz CT molecular complexity index is 259. The molecule has 0 rings (SSSR count). The summed E-state index contributed by atoms with van der Waals surface area (Å²) < 4.78 is 22.7. The van der Waals surface area contributed by atoms with Gasteiger partial charge in [0.2, 0.25) is 0 Å². The lowest BCUT2D eigenvalue weighted by molar-refractivity contribution is 0.488. The zero-order valence-electron chi connectivity index (χ0n) is 9.29. The highest BCUT2D eigenvalue weighted by Gasteiger charge is 2.23. The van der Waals surface area contributed by atoms with Crippen LogP contribution >= 0.6 is 0 Å². The van der Waals surface area contributed by atoms with Crippen molar-refractivity contribution in [3.05, 3.63) is 12.7 Å². The van der Waals surface area contributed by atoms with E-state index in [1.807, 2.05) is 0 Å². The van der Waals surface area contributed by atoms with Crippen LogP contribution in [0.15, 0.2) is 12.7 Å². The fourth-order valence-corrected chi connectivity index (χ4v) is 2.05. The summed E-state index contributed by atoms with van der Waals surface area (Å²) in [6.07, 6.45) is 4.73. The monoisotopic (exact) mass is 219 g/mol. The Labute approximate surface area is 87.5 Å². The highest BCUT2D eigenvalue weighted by molar-refractivity contribution is 7.91. The minimum atomic E-state index is -2.96. The molecule has 0 fully saturated rings. The van der Waals surface area contributed by atoms with Gasteiger partial charge in [0.1, 0.15) is 0 Å². The molecule has 0 aromatic heterocycles. The summed E-state index contributed by atoms with van der Waals surface area (Å²) in [5.41, 5.74) is 0. The van der Waals surface area contributed by atoms with E-state index >= 15 is 0 Å². The molecular formula is C10H21NO2S. The van der Waals surface area contributed by atoms with Crippen molar-refractivity contribution in [2.45, 2.75) is 38.0 Å². The van der Waals surface area contributed by atoms with Gasteiger partial charge in [-0.3, -0.25) is 0 Å². The standard InChI is InChI=1S/C10H21NO2S/c1-5-7-10(11-8-6-2)9(3)14(4,12)13/h5,9-11H,1,6-8H2,2-4H3. The van der Waals surface area contributed by atoms with E-state index in [0.29, 0.717) is 6.42 Å². The number of nitrogens with one attached hydrogen (secondary N) is 1. The van der Waals surface area contributed by atoms with Crippen LogP contribution in [0.4, 0.5) is 0 Å². The average Bonchev–Trinajstić information content (AvgIpc) is 2.09. The molecule has 0 aliphatic rings. The second kappa shape index (κ2) is 6.19. The zero-order valence-corrected chi connectivity index (χ0v) is 10.1. The summed E-state index contributed by atoms with van der Waals surface area (Å²) in [5.74, 6) is 0. The molecule has 2 atom stereocenters. The first kappa shape index (κ1) is 13.7. The van der Waals surface area contributed by atoms with Crippen molar-refractivity contribution in [1.29, 1.82) is 0 Å². The molecule has 2 unspecified atom stereocenters. The van der Waals surface area contributed by atoms with E-state index in [-0.39, 0.29) is 11.3 Å². The molecule has 4 heteroatoms. The molecule has 0 aromatic rings. The summed E-state index contributed by atoms with van der Waals surface area (Å²) in [6.45, 7) is 8.28. The molecule has 14 heavy (non-hydrogen) atoms. The Kier molecular flexibility index (Phi) is 6.04. The number of sulfone groups is 1. The van der Waals surface area contributed by atoms with Crippen molar-refractivity contribution in [2.24, 2.45) is 0 Å². The Hall–Kier alpha value is -0.350. The van der Waals surface area contributed by atoms with Crippen LogP contribution in [0.2, 0.25) is 0 Å². The van der Waals surface area contributed by atoms with Crippen LogP contribution in [-0.4, -0.2) is 32.5 Å². The summed E-state index contributed by atoms with van der Waals surface area (Å²) in [4.78, 5) is 0. The summed E-state index contributed by atoms with van der Waals surface area (Å²) in [7, 11) is -2.96. The molecule has 0 saturated carbocycles. The van der Waals surface area contributed by atoms with E-state index in [2.05, 4.69) is 18.8 Å². The smallest absolute Gasteiger partial charge is 0.151 e. The van der Waals surface area contributed by atoms with Gasteiger partial charge in [-0.05, 0) is 26.3 Å². The van der Waals surface area contributed by atoms with Crippen LogP contribution in [0, 0.1) is 0 Å². The first-order chi connectivity index (χ1) is 6.43. The van der Waals surface area contributed by atoms with E-state index in [1.165, 1.54) is 6.26 Å². The van der Waals surface area contributed by atoms with E-state index < -0.39 is 9.84 Å². The van der Waals surface area contributed by atoms with Crippen molar-refractivity contribution in [3.63, 3.8) is 0 Å². The van der Waals surface area contributed by atoms with Gasteiger partial charge < -0.3 is 5.32 Å². The lowest BCUT2D eigenvalue weighted by Crippen LogP contribution is -2.42. The highest BCUT2D eigenvalue weighted by atomic mass is 32.2. The maximum atomic E-state index is 11.3. The lowest BCUT2D eigenvalue weighted by atomic mass is 10.1. The fraction of sp³-hybridized carbons (Fsp3) is 0.800. The van der Waals surface area contributed by atoms with E-state index in [1.54, 1.807) is 13.0 Å². The van der Waals surface area contributed by atoms with Gasteiger partial charge in [0.05, 0.1) is 5.25 Å². The Balaban J connectivity index is 4.40. The summed E-state index contributed by atoms with van der Waals surface area (Å²) >= 11 is 0. The van der Waals surface area contributed by atoms with Crippen LogP contribution in [0.5, 0.6) is 0 Å². The average molecular weight is 219 g/mol. The molecule has 0 amide bonds. The lowest BCUT2D eigenvalue weighted by Gasteiger charge is -2.22. The number of rotatable bonds is 7. The van der Waals surface area contributed by atoms with Crippen molar-refractivity contribution < 1.29 is 8.42 Å². The van der Waals surface area contributed by atoms with Gasteiger partial charge in [-0.1, -0.05) is 13.0 Å². The molecule has 0 bridgehead atoms. The molecule has 0 aliphatic carbocycles. The van der Waals surface area contributed by atoms with Crippen molar-refractivity contribution in [1.82, 2.24) is 5.32 Å². The van der Waals surface area contributed by atoms with Crippen LogP contribution in [0.1, 0.15) is 26.7 Å². The first-order valence-electron chi connectivity index (χ1n) is 4.96. The summed E-state index contributed by atoms with van der Waals surface area (Å²) in [5, 5.41) is 2.87. The molecule has 3 nitrogen and oxygen atoms in total. The number of hydrogen-bond acceptors (Lipinski definition) is 3. The predicted molar refractivity (Wildman–Crippen MR) is 61.2 cm³/mol. The van der Waals surface area contributed by atoms with E-state index in [4.69, 9.17) is 0 Å². The van der Waals surface area contributed by atoms with Crippen molar-refractivity contribution in [2.75, 3.05) is 12.8 Å². The first-order valence-corrected chi connectivity index (χ1v) is 6.92. The minimum Gasteiger partial charge on any atom is -0.312 e. The third-order valence-corrected chi connectivity index (χ3v) is 4.00. The topological polar surface area (TPSA) is 46.2 Å². The molecule has 1 N–H and O–H groups in total. The van der Waals surface area contributed by atoms with Gasteiger partial charge in [-0.15, -0.1) is 6.58 Å². The molecule has 0 spiro atoms. The molecule has 0 radical (unpaired) electrons. The van der Waals surface area contributed by atoms with Gasteiger partial charge >= 0.3 is 0 Å². The molecular weight excluding hydrogens is 198 g/mol. The van der Waals surface area contributed by atoms with Crippen LogP contribution in [-0.2, 0) is 9.84 Å². The summed E-state index contributed by atoms with van der Waals surface area (Å²) in [6, 6.07) is -0.0116. The van der Waals surface area contributed by atoms with Gasteiger partial charge in [-0.2, -0.15) is 0 Å². The molecule has 0 heterocycles. The Morgan fingerprint density at radius 1 is 1.50 bits per heavy atom. The Morgan fingerprint density at radius 2 is 2.07 bits per heavy atom. The maximum Gasteiger partial charge on any atom is 0.151 e. The molecule has 0 saturated heterocycles. The van der Waals surface area contributed by atoms with Gasteiger partial charge in [0.25, 0.3) is 0 Å². The molecule has 0 aliphatic heterocycles. The Morgan fingerprint density at radius 3 is 2.43 bits per heavy atom. The van der Waals surface area contributed by atoms with Gasteiger partial charge in [0.15, 0.2) is 9.84 Å². The zero-order chi connectivity index (χ0) is 11.2. The molecule has 0 aromatic carbocycles. The van der Waals surface area contributed by atoms with Crippen LogP contribution in [0.25, 0.3) is 0 Å². The minimum absolute atomic E-state index is 0.0116. The van der Waals surface area contributed by atoms with Crippen molar-refractivity contribution >= 4 is 9.84 Å². The fourth-order valence-electron chi connectivity index (χ4n) is 1.25. The largest absolute Gasteiger partial charge is 0.312 e. The molecule has 84 valence electrons. The highest BCUT2D eigenvalue weighted by Crippen LogP contribution is 2.08. The second-order valence-corrected chi connectivity index (χ2v) is 6.02. The van der Waals surface area contributed by atoms with Gasteiger partial charge in [-0.25, -0.2) is 8.42 Å². The van der Waals surface area contributed by atoms with Crippen LogP contribution < -0.4 is 5.32 Å². The normalized spacial score (nSPS) is 16.2. The predicted octanol–water partition coefficient (Wildman–Crippen LogP) is 1.36. The SMILES string of the molecule is C=CCC(NCCC)C(C)S(C)(=O)=O. The quantitative estimate of drug-likeness (QED) is 0.658. The van der Waals surface area contributed by atoms with E-state index in [9.17, 15) is 8.42 Å². The maximum absolute atomic E-state index is 11.3. The third-order valence-electron chi connectivity index (χ3n) is 2.32. The van der Waals surface area contributed by atoms with Gasteiger partial charge in [0, 0.05) is 12.3 Å². The second-order valence-electron chi connectivity index (χ2n) is 3.62. The van der Waals surface area contributed by atoms with Crippen molar-refractivity contribution in [3.8, 4) is 0 Å². The van der Waals surface area contributed by atoms with E-state index in [0.717, 1.165) is 13.0 Å². The third kappa shape index (κ3) is 4.77.